The van der Waals surface area contributed by atoms with Gasteiger partial charge in [0, 0.05) is 18.5 Å². The van der Waals surface area contributed by atoms with Gasteiger partial charge < -0.3 is 5.32 Å². The number of nitrogens with one attached hydrogen (secondary N) is 1. The number of benzene rings is 2. The third-order valence-corrected chi connectivity index (χ3v) is 3.83. The van der Waals surface area contributed by atoms with Gasteiger partial charge in [0.25, 0.3) is 0 Å². The van der Waals surface area contributed by atoms with Gasteiger partial charge in [0.05, 0.1) is 5.69 Å². The van der Waals surface area contributed by atoms with Gasteiger partial charge in [0.15, 0.2) is 0 Å². The van der Waals surface area contributed by atoms with Gasteiger partial charge in [-0.15, -0.1) is 0 Å². The zero-order valence-electron chi connectivity index (χ0n) is 12.6. The van der Waals surface area contributed by atoms with E-state index in [4.69, 9.17) is 0 Å². The largest absolute Gasteiger partial charge is 0.446 e. The lowest BCUT2D eigenvalue weighted by molar-refractivity contribution is -0.0328. The van der Waals surface area contributed by atoms with Crippen molar-refractivity contribution < 1.29 is 22.4 Å². The molecule has 0 aliphatic rings. The normalized spacial score (nSPS) is 11.2. The van der Waals surface area contributed by atoms with E-state index >= 15 is 0 Å². The van der Waals surface area contributed by atoms with Crippen LogP contribution in [0.15, 0.2) is 53.4 Å². The van der Waals surface area contributed by atoms with E-state index in [1.54, 1.807) is 0 Å². The Hall–Kier alpha value is -2.22. The van der Waals surface area contributed by atoms with Gasteiger partial charge in [-0.05, 0) is 35.5 Å². The zero-order valence-corrected chi connectivity index (χ0v) is 13.4. The van der Waals surface area contributed by atoms with E-state index in [-0.39, 0.29) is 17.1 Å². The summed E-state index contributed by atoms with van der Waals surface area (Å²) in [5.74, 6) is -0.901. The molecule has 2 aromatic rings. The van der Waals surface area contributed by atoms with Crippen molar-refractivity contribution in [2.75, 3.05) is 11.9 Å². The number of nitrogens with zero attached hydrogens (tertiary/aromatic N) is 1. The van der Waals surface area contributed by atoms with Crippen LogP contribution < -0.4 is 10.2 Å². The molecule has 0 fully saturated rings. The maximum Gasteiger partial charge on any atom is 0.446 e. The average Bonchev–Trinajstić information content (AvgIpc) is 2.51. The monoisotopic (exact) mass is 358 g/mol. The molecule has 0 atom stereocenters. The quantitative estimate of drug-likeness (QED) is 0.630. The Balaban J connectivity index is 2.03. The molecule has 0 aromatic heterocycles. The number of carbonyl (C=O) groups is 1. The van der Waals surface area contributed by atoms with E-state index < -0.39 is 29.1 Å². The number of anilines is 1. The van der Waals surface area contributed by atoms with Gasteiger partial charge in [-0.3, -0.25) is 4.90 Å². The molecular weight excluding hydrogens is 344 g/mol. The fourth-order valence-electron chi connectivity index (χ4n) is 1.96. The number of hydrogen-bond acceptors (Lipinski definition) is 2. The molecule has 1 N–H and O–H groups in total. The summed E-state index contributed by atoms with van der Waals surface area (Å²) in [6, 6.07) is 11.6. The molecular formula is C16H14F4N2OS. The second-order valence-corrected chi connectivity index (χ2v) is 6.00. The predicted octanol–water partition coefficient (Wildman–Crippen LogP) is 4.78. The van der Waals surface area contributed by atoms with E-state index in [0.29, 0.717) is 0 Å². The van der Waals surface area contributed by atoms with E-state index in [9.17, 15) is 22.4 Å². The Morgan fingerprint density at radius 2 is 1.83 bits per heavy atom. The first-order chi connectivity index (χ1) is 11.3. The number of halogens is 4. The number of carbonyl (C=O) groups excluding carboxylic acids is 1. The van der Waals surface area contributed by atoms with E-state index in [1.807, 2.05) is 30.3 Å². The summed E-state index contributed by atoms with van der Waals surface area (Å²) in [7, 11) is 1.34. The summed E-state index contributed by atoms with van der Waals surface area (Å²) in [5.41, 5.74) is -3.73. The van der Waals surface area contributed by atoms with Crippen molar-refractivity contribution in [3.63, 3.8) is 0 Å². The van der Waals surface area contributed by atoms with Crippen molar-refractivity contribution in [3.8, 4) is 0 Å². The molecule has 0 unspecified atom stereocenters. The molecule has 24 heavy (non-hydrogen) atoms. The van der Waals surface area contributed by atoms with Crippen molar-refractivity contribution in [1.82, 2.24) is 5.32 Å². The smallest absolute Gasteiger partial charge is 0.334 e. The van der Waals surface area contributed by atoms with Crippen LogP contribution >= 0.6 is 11.8 Å². The van der Waals surface area contributed by atoms with Gasteiger partial charge >= 0.3 is 11.5 Å². The Kier molecular flexibility index (Phi) is 5.71. The van der Waals surface area contributed by atoms with Crippen molar-refractivity contribution in [3.05, 3.63) is 59.9 Å². The van der Waals surface area contributed by atoms with Crippen molar-refractivity contribution >= 4 is 23.5 Å². The van der Waals surface area contributed by atoms with Crippen molar-refractivity contribution in [2.24, 2.45) is 0 Å². The minimum Gasteiger partial charge on any atom is -0.334 e. The molecule has 2 rings (SSSR count). The molecule has 2 amide bonds. The van der Waals surface area contributed by atoms with Crippen LogP contribution in [-0.4, -0.2) is 18.6 Å². The summed E-state index contributed by atoms with van der Waals surface area (Å²) in [6.07, 6.45) is 0. The minimum atomic E-state index is -4.49. The fourth-order valence-corrected chi connectivity index (χ4v) is 2.52. The molecule has 3 nitrogen and oxygen atoms in total. The van der Waals surface area contributed by atoms with Gasteiger partial charge in [0.1, 0.15) is 5.82 Å². The van der Waals surface area contributed by atoms with Gasteiger partial charge in [-0.25, -0.2) is 9.18 Å². The molecule has 128 valence electrons. The summed E-state index contributed by atoms with van der Waals surface area (Å²) >= 11 is -0.408. The van der Waals surface area contributed by atoms with Crippen LogP contribution in [0.25, 0.3) is 0 Å². The topological polar surface area (TPSA) is 32.3 Å². The third-order valence-electron chi connectivity index (χ3n) is 3.11. The number of thioether (sulfide) groups is 1. The molecule has 8 heteroatoms. The first kappa shape index (κ1) is 18.1. The lowest BCUT2D eigenvalue weighted by Gasteiger charge is -2.19. The summed E-state index contributed by atoms with van der Waals surface area (Å²) < 4.78 is 50.9. The van der Waals surface area contributed by atoms with Gasteiger partial charge in [-0.2, -0.15) is 13.2 Å². The molecule has 0 aliphatic heterocycles. The fraction of sp³-hybridized carbons (Fsp3) is 0.188. The maximum absolute atomic E-state index is 14.0. The number of alkyl halides is 3. The molecule has 0 heterocycles. The highest BCUT2D eigenvalue weighted by Crippen LogP contribution is 2.38. The van der Waals surface area contributed by atoms with Crippen LogP contribution in [0, 0.1) is 5.82 Å². The standard InChI is InChI=1S/C16H14F4N2OS/c1-22(15(23)21-10-11-5-3-2-4-6-11)14-8-7-12(9-13(14)17)24-16(18,19)20/h2-9H,10H2,1H3,(H,21,23). The summed E-state index contributed by atoms with van der Waals surface area (Å²) in [5, 5.41) is 2.61. The maximum atomic E-state index is 14.0. The van der Waals surface area contributed by atoms with E-state index in [0.717, 1.165) is 28.7 Å². The molecule has 0 radical (unpaired) electrons. The predicted molar refractivity (Wildman–Crippen MR) is 85.4 cm³/mol. The van der Waals surface area contributed by atoms with E-state index in [1.165, 1.54) is 7.05 Å². The minimum absolute atomic E-state index is 0.105. The van der Waals surface area contributed by atoms with Crippen molar-refractivity contribution in [2.45, 2.75) is 16.9 Å². The first-order valence-corrected chi connectivity index (χ1v) is 7.69. The molecule has 0 saturated heterocycles. The van der Waals surface area contributed by atoms with Crippen LogP contribution in [0.3, 0.4) is 0 Å². The van der Waals surface area contributed by atoms with Gasteiger partial charge in [-0.1, -0.05) is 30.3 Å². The van der Waals surface area contributed by atoms with Crippen LogP contribution in [0.2, 0.25) is 0 Å². The van der Waals surface area contributed by atoms with E-state index in [2.05, 4.69) is 5.32 Å². The lowest BCUT2D eigenvalue weighted by atomic mass is 10.2. The van der Waals surface area contributed by atoms with Crippen LogP contribution in [0.5, 0.6) is 0 Å². The first-order valence-electron chi connectivity index (χ1n) is 6.87. The van der Waals surface area contributed by atoms with Crippen LogP contribution in [-0.2, 0) is 6.54 Å². The Bertz CT molecular complexity index is 707. The second-order valence-electron chi connectivity index (χ2n) is 4.86. The number of hydrogen-bond donors (Lipinski definition) is 1. The SMILES string of the molecule is CN(C(=O)NCc1ccccc1)c1ccc(SC(F)(F)F)cc1F. The summed E-state index contributed by atoms with van der Waals surface area (Å²) in [4.78, 5) is 12.8. The van der Waals surface area contributed by atoms with Crippen LogP contribution in [0.4, 0.5) is 28.0 Å². The van der Waals surface area contributed by atoms with Crippen molar-refractivity contribution in [1.29, 1.82) is 0 Å². The Morgan fingerprint density at radius 3 is 2.42 bits per heavy atom. The second kappa shape index (κ2) is 7.57. The summed E-state index contributed by atoms with van der Waals surface area (Å²) in [6.45, 7) is 0.258. The number of urea groups is 1. The lowest BCUT2D eigenvalue weighted by Crippen LogP contribution is -2.37. The highest BCUT2D eigenvalue weighted by atomic mass is 32.2. The number of amides is 2. The highest BCUT2D eigenvalue weighted by molar-refractivity contribution is 8.00. The molecule has 0 bridgehead atoms. The molecule has 0 aliphatic carbocycles. The molecule has 0 spiro atoms. The van der Waals surface area contributed by atoms with Crippen LogP contribution in [0.1, 0.15) is 5.56 Å². The Morgan fingerprint density at radius 1 is 1.17 bits per heavy atom. The molecule has 0 saturated carbocycles. The molecule has 2 aromatic carbocycles. The number of rotatable bonds is 4. The average molecular weight is 358 g/mol. The van der Waals surface area contributed by atoms with Gasteiger partial charge in [0.2, 0.25) is 0 Å². The third kappa shape index (κ3) is 5.16. The highest BCUT2D eigenvalue weighted by Gasteiger charge is 2.29. The zero-order chi connectivity index (χ0) is 17.7. The Labute approximate surface area is 140 Å².